The monoisotopic (exact) mass is 262 g/mol. The van der Waals surface area contributed by atoms with Crippen molar-refractivity contribution < 1.29 is 9.53 Å². The molecule has 1 saturated heterocycles. The van der Waals surface area contributed by atoms with E-state index in [1.807, 2.05) is 17.0 Å². The van der Waals surface area contributed by atoms with Crippen LogP contribution in [0.25, 0.3) is 0 Å². The van der Waals surface area contributed by atoms with E-state index in [1.165, 1.54) is 0 Å². The van der Waals surface area contributed by atoms with Crippen LogP contribution in [-0.2, 0) is 11.2 Å². The molecular formula is C15H22N2O2. The molecule has 1 aromatic rings. The lowest BCUT2D eigenvalue weighted by molar-refractivity contribution is 0.0298. The van der Waals surface area contributed by atoms with Crippen LogP contribution in [0.2, 0.25) is 0 Å². The van der Waals surface area contributed by atoms with E-state index in [0.717, 1.165) is 12.0 Å². The van der Waals surface area contributed by atoms with Gasteiger partial charge in [-0.15, -0.1) is 0 Å². The van der Waals surface area contributed by atoms with Gasteiger partial charge in [-0.25, -0.2) is 0 Å². The molecule has 0 atom stereocenters. The Kier molecular flexibility index (Phi) is 4.20. The maximum Gasteiger partial charge on any atom is 0.272 e. The Morgan fingerprint density at radius 3 is 2.68 bits per heavy atom. The van der Waals surface area contributed by atoms with Gasteiger partial charge in [0.1, 0.15) is 5.69 Å². The fraction of sp³-hybridized carbons (Fsp3) is 0.600. The summed E-state index contributed by atoms with van der Waals surface area (Å²) in [6.45, 7) is 9.06. The molecule has 0 radical (unpaired) electrons. The Balaban J connectivity index is 2.21. The molecule has 4 nitrogen and oxygen atoms in total. The van der Waals surface area contributed by atoms with Crippen molar-refractivity contribution in [3.8, 4) is 0 Å². The highest BCUT2D eigenvalue weighted by molar-refractivity contribution is 5.93. The van der Waals surface area contributed by atoms with Crippen molar-refractivity contribution in [2.75, 3.05) is 26.3 Å². The summed E-state index contributed by atoms with van der Waals surface area (Å²) in [4.78, 5) is 18.7. The van der Waals surface area contributed by atoms with E-state index in [1.54, 1.807) is 6.20 Å². The summed E-state index contributed by atoms with van der Waals surface area (Å²) in [6.07, 6.45) is 2.55. The predicted molar refractivity (Wildman–Crippen MR) is 74.1 cm³/mol. The van der Waals surface area contributed by atoms with Crippen molar-refractivity contribution >= 4 is 5.91 Å². The van der Waals surface area contributed by atoms with E-state index in [4.69, 9.17) is 4.74 Å². The van der Waals surface area contributed by atoms with E-state index in [9.17, 15) is 4.79 Å². The molecular weight excluding hydrogens is 240 g/mol. The number of ether oxygens (including phenoxy) is 1. The summed E-state index contributed by atoms with van der Waals surface area (Å²) in [7, 11) is 0. The maximum atomic E-state index is 12.5. The minimum atomic E-state index is 0.0307. The Labute approximate surface area is 114 Å². The number of rotatable bonds is 2. The van der Waals surface area contributed by atoms with Crippen molar-refractivity contribution in [2.24, 2.45) is 5.41 Å². The molecule has 0 aliphatic carbocycles. The van der Waals surface area contributed by atoms with Crippen molar-refractivity contribution in [3.05, 3.63) is 29.6 Å². The average molecular weight is 262 g/mol. The summed E-state index contributed by atoms with van der Waals surface area (Å²) in [5, 5.41) is 0. The van der Waals surface area contributed by atoms with Crippen LogP contribution in [0.15, 0.2) is 18.3 Å². The van der Waals surface area contributed by atoms with Crippen LogP contribution >= 0.6 is 0 Å². The van der Waals surface area contributed by atoms with Crippen molar-refractivity contribution in [3.63, 3.8) is 0 Å². The van der Waals surface area contributed by atoms with Crippen LogP contribution in [0.4, 0.5) is 0 Å². The molecule has 0 aromatic carbocycles. The maximum absolute atomic E-state index is 12.5. The number of nitrogens with zero attached hydrogens (tertiary/aromatic N) is 2. The summed E-state index contributed by atoms with van der Waals surface area (Å²) < 4.78 is 5.28. The first-order valence-electron chi connectivity index (χ1n) is 6.78. The molecule has 0 N–H and O–H groups in total. The zero-order valence-corrected chi connectivity index (χ0v) is 12.0. The van der Waals surface area contributed by atoms with Gasteiger partial charge in [-0.1, -0.05) is 26.8 Å². The lowest BCUT2D eigenvalue weighted by atomic mass is 9.87. The lowest BCUT2D eigenvalue weighted by Crippen LogP contribution is -2.41. The summed E-state index contributed by atoms with van der Waals surface area (Å²) in [6, 6.07) is 3.91. The molecule has 1 aliphatic rings. The van der Waals surface area contributed by atoms with E-state index in [2.05, 4.69) is 25.8 Å². The van der Waals surface area contributed by atoms with Gasteiger partial charge in [-0.2, -0.15) is 0 Å². The highest BCUT2D eigenvalue weighted by Crippen LogP contribution is 2.22. The molecule has 1 aliphatic heterocycles. The summed E-state index contributed by atoms with van der Waals surface area (Å²) >= 11 is 0. The number of aromatic nitrogens is 1. The van der Waals surface area contributed by atoms with Crippen molar-refractivity contribution in [2.45, 2.75) is 27.2 Å². The molecule has 104 valence electrons. The fourth-order valence-corrected chi connectivity index (χ4v) is 2.26. The molecule has 0 unspecified atom stereocenters. The number of carbonyl (C=O) groups excluding carboxylic acids is 1. The largest absolute Gasteiger partial charge is 0.378 e. The summed E-state index contributed by atoms with van der Waals surface area (Å²) in [5.41, 5.74) is 1.77. The van der Waals surface area contributed by atoms with E-state index in [-0.39, 0.29) is 11.3 Å². The van der Waals surface area contributed by atoms with E-state index < -0.39 is 0 Å². The molecule has 4 heteroatoms. The predicted octanol–water partition coefficient (Wildman–Crippen LogP) is 2.14. The van der Waals surface area contributed by atoms with E-state index >= 15 is 0 Å². The molecule has 19 heavy (non-hydrogen) atoms. The van der Waals surface area contributed by atoms with Gasteiger partial charge < -0.3 is 9.64 Å². The molecule has 0 spiro atoms. The van der Waals surface area contributed by atoms with Gasteiger partial charge in [0.15, 0.2) is 0 Å². The zero-order chi connectivity index (χ0) is 13.9. The van der Waals surface area contributed by atoms with Crippen LogP contribution in [0.1, 0.15) is 36.8 Å². The number of hydrogen-bond acceptors (Lipinski definition) is 3. The summed E-state index contributed by atoms with van der Waals surface area (Å²) in [5.74, 6) is 0.0307. The number of pyridine rings is 1. The minimum Gasteiger partial charge on any atom is -0.378 e. The Hall–Kier alpha value is -1.42. The van der Waals surface area contributed by atoms with Crippen LogP contribution in [-0.4, -0.2) is 42.1 Å². The molecule has 1 amide bonds. The second-order valence-corrected chi connectivity index (χ2v) is 6.15. The topological polar surface area (TPSA) is 42.4 Å². The van der Waals surface area contributed by atoms with Gasteiger partial charge in [0.2, 0.25) is 0 Å². The van der Waals surface area contributed by atoms with Gasteiger partial charge in [-0.05, 0) is 23.5 Å². The first-order valence-corrected chi connectivity index (χ1v) is 6.78. The molecule has 0 saturated carbocycles. The molecule has 1 fully saturated rings. The molecule has 1 aromatic heterocycles. The standard InChI is InChI=1S/C15H22N2O2/c1-15(2,3)11-12-5-4-6-16-13(12)14(18)17-7-9-19-10-8-17/h4-6H,7-11H2,1-3H3. The third-order valence-electron chi connectivity index (χ3n) is 3.11. The van der Waals surface area contributed by atoms with Crippen molar-refractivity contribution in [1.29, 1.82) is 0 Å². The number of amides is 1. The van der Waals surface area contributed by atoms with Gasteiger partial charge in [0.25, 0.3) is 5.91 Å². The normalized spacial score (nSPS) is 16.5. The fourth-order valence-electron chi connectivity index (χ4n) is 2.26. The molecule has 2 rings (SSSR count). The Morgan fingerprint density at radius 1 is 1.37 bits per heavy atom. The number of morpholine rings is 1. The Bertz CT molecular complexity index is 446. The smallest absolute Gasteiger partial charge is 0.272 e. The first kappa shape index (κ1) is 14.0. The van der Waals surface area contributed by atoms with Crippen LogP contribution < -0.4 is 0 Å². The number of hydrogen-bond donors (Lipinski definition) is 0. The van der Waals surface area contributed by atoms with Gasteiger partial charge >= 0.3 is 0 Å². The average Bonchev–Trinajstić information content (AvgIpc) is 2.38. The van der Waals surface area contributed by atoms with Crippen molar-refractivity contribution in [1.82, 2.24) is 9.88 Å². The van der Waals surface area contributed by atoms with Gasteiger partial charge in [0, 0.05) is 19.3 Å². The molecule has 0 bridgehead atoms. The lowest BCUT2D eigenvalue weighted by Gasteiger charge is -2.28. The molecule has 2 heterocycles. The SMILES string of the molecule is CC(C)(C)Cc1cccnc1C(=O)N1CCOCC1. The van der Waals surface area contributed by atoms with Crippen LogP contribution in [0.5, 0.6) is 0 Å². The second kappa shape index (κ2) is 5.70. The zero-order valence-electron chi connectivity index (χ0n) is 12.0. The Morgan fingerprint density at radius 2 is 2.05 bits per heavy atom. The van der Waals surface area contributed by atoms with Crippen LogP contribution in [0.3, 0.4) is 0 Å². The highest BCUT2D eigenvalue weighted by Gasteiger charge is 2.23. The first-order chi connectivity index (χ1) is 8.97. The third kappa shape index (κ3) is 3.77. The van der Waals surface area contributed by atoms with Gasteiger partial charge in [-0.3, -0.25) is 9.78 Å². The third-order valence-corrected chi connectivity index (χ3v) is 3.11. The van der Waals surface area contributed by atoms with E-state index in [0.29, 0.717) is 32.0 Å². The van der Waals surface area contributed by atoms with Crippen LogP contribution in [0, 0.1) is 5.41 Å². The van der Waals surface area contributed by atoms with Gasteiger partial charge in [0.05, 0.1) is 13.2 Å². The minimum absolute atomic E-state index is 0.0307. The number of carbonyl (C=O) groups is 1. The quantitative estimate of drug-likeness (QED) is 0.820. The highest BCUT2D eigenvalue weighted by atomic mass is 16.5. The second-order valence-electron chi connectivity index (χ2n) is 6.15.